The molecule has 0 unspecified atom stereocenters. The van der Waals surface area contributed by atoms with Gasteiger partial charge in [0.25, 0.3) is 0 Å². The molecule has 0 saturated heterocycles. The third-order valence-corrected chi connectivity index (χ3v) is 4.82. The van der Waals surface area contributed by atoms with Crippen molar-refractivity contribution >= 4 is 67.8 Å². The minimum absolute atomic E-state index is 0.214. The summed E-state index contributed by atoms with van der Waals surface area (Å²) in [4.78, 5) is 0. The SMILES string of the molecule is Fc1cccc(Cl)c1Cn1cc(NC(=S)Nc2ccc(Br)cc2Cl)cn1. The van der Waals surface area contributed by atoms with E-state index in [4.69, 9.17) is 35.4 Å². The minimum Gasteiger partial charge on any atom is -0.331 e. The predicted octanol–water partition coefficient (Wildman–Crippen LogP) is 5.95. The normalized spacial score (nSPS) is 10.6. The molecule has 2 N–H and O–H groups in total. The molecule has 0 amide bonds. The highest BCUT2D eigenvalue weighted by atomic mass is 79.9. The molecule has 1 heterocycles. The van der Waals surface area contributed by atoms with Gasteiger partial charge in [-0.05, 0) is 42.5 Å². The van der Waals surface area contributed by atoms with Gasteiger partial charge in [0.05, 0.1) is 29.1 Å². The lowest BCUT2D eigenvalue weighted by molar-refractivity contribution is 0.585. The summed E-state index contributed by atoms with van der Waals surface area (Å²) in [7, 11) is 0. The lowest BCUT2D eigenvalue weighted by Crippen LogP contribution is -2.19. The third-order valence-electron chi connectivity index (χ3n) is 3.45. The average Bonchev–Trinajstić information content (AvgIpc) is 3.01. The predicted molar refractivity (Wildman–Crippen MR) is 112 cm³/mol. The Hall–Kier alpha value is -1.67. The summed E-state index contributed by atoms with van der Waals surface area (Å²) < 4.78 is 16.3. The molecule has 0 saturated carbocycles. The van der Waals surface area contributed by atoms with Crippen molar-refractivity contribution in [2.45, 2.75) is 6.54 Å². The Morgan fingerprint density at radius 3 is 2.73 bits per heavy atom. The fraction of sp³-hybridized carbons (Fsp3) is 0.0588. The van der Waals surface area contributed by atoms with Gasteiger partial charge < -0.3 is 10.6 Å². The number of rotatable bonds is 4. The number of nitrogens with zero attached hydrogens (tertiary/aromatic N) is 2. The maximum absolute atomic E-state index is 13.9. The van der Waals surface area contributed by atoms with E-state index in [2.05, 4.69) is 31.7 Å². The van der Waals surface area contributed by atoms with E-state index >= 15 is 0 Å². The van der Waals surface area contributed by atoms with Crippen molar-refractivity contribution in [2.75, 3.05) is 10.6 Å². The summed E-state index contributed by atoms with van der Waals surface area (Å²) in [6.45, 7) is 0.214. The number of thiocarbonyl (C=S) groups is 1. The summed E-state index contributed by atoms with van der Waals surface area (Å²) in [5, 5.41) is 11.5. The van der Waals surface area contributed by atoms with Gasteiger partial charge >= 0.3 is 0 Å². The molecular formula is C17H12BrCl2FN4S. The van der Waals surface area contributed by atoms with Crippen LogP contribution in [0.4, 0.5) is 15.8 Å². The van der Waals surface area contributed by atoms with Crippen LogP contribution in [0.15, 0.2) is 53.3 Å². The van der Waals surface area contributed by atoms with Crippen LogP contribution in [-0.4, -0.2) is 14.9 Å². The van der Waals surface area contributed by atoms with Gasteiger partial charge in [-0.25, -0.2) is 4.39 Å². The fourth-order valence-corrected chi connectivity index (χ4v) is 3.41. The smallest absolute Gasteiger partial charge is 0.175 e. The van der Waals surface area contributed by atoms with Crippen molar-refractivity contribution in [1.29, 1.82) is 0 Å². The topological polar surface area (TPSA) is 41.9 Å². The summed E-state index contributed by atoms with van der Waals surface area (Å²) in [5.41, 5.74) is 1.72. The van der Waals surface area contributed by atoms with E-state index in [0.29, 0.717) is 32.1 Å². The van der Waals surface area contributed by atoms with Gasteiger partial charge in [-0.2, -0.15) is 5.10 Å². The van der Waals surface area contributed by atoms with Gasteiger partial charge in [-0.15, -0.1) is 0 Å². The van der Waals surface area contributed by atoms with Crippen LogP contribution >= 0.6 is 51.3 Å². The van der Waals surface area contributed by atoms with Crippen LogP contribution in [0.2, 0.25) is 10.0 Å². The van der Waals surface area contributed by atoms with Gasteiger partial charge in [0, 0.05) is 21.3 Å². The van der Waals surface area contributed by atoms with E-state index < -0.39 is 0 Å². The second kappa shape index (κ2) is 8.35. The fourth-order valence-electron chi connectivity index (χ4n) is 2.24. The second-order valence-corrected chi connectivity index (χ2v) is 7.47. The quantitative estimate of drug-likeness (QED) is 0.459. The summed E-state index contributed by atoms with van der Waals surface area (Å²) in [5.74, 6) is -0.371. The molecule has 0 aliphatic heterocycles. The molecule has 2 aromatic carbocycles. The lowest BCUT2D eigenvalue weighted by Gasteiger charge is -2.10. The van der Waals surface area contributed by atoms with E-state index in [1.807, 2.05) is 12.1 Å². The van der Waals surface area contributed by atoms with Crippen LogP contribution in [0, 0.1) is 5.82 Å². The molecular weight excluding hydrogens is 462 g/mol. The largest absolute Gasteiger partial charge is 0.331 e. The van der Waals surface area contributed by atoms with Crippen molar-refractivity contribution in [3.05, 3.63) is 74.7 Å². The van der Waals surface area contributed by atoms with Gasteiger partial charge in [0.1, 0.15) is 5.82 Å². The Bertz CT molecular complexity index is 943. The van der Waals surface area contributed by atoms with E-state index in [-0.39, 0.29) is 12.4 Å². The molecule has 0 aliphatic rings. The van der Waals surface area contributed by atoms with E-state index in [1.165, 1.54) is 6.07 Å². The number of aromatic nitrogens is 2. The first-order chi connectivity index (χ1) is 12.4. The second-order valence-electron chi connectivity index (χ2n) is 5.33. The van der Waals surface area contributed by atoms with Crippen molar-refractivity contribution in [3.63, 3.8) is 0 Å². The third kappa shape index (κ3) is 4.73. The number of hydrogen-bond donors (Lipinski definition) is 2. The number of benzene rings is 2. The monoisotopic (exact) mass is 472 g/mol. The Labute approximate surface area is 173 Å². The van der Waals surface area contributed by atoms with E-state index in [1.54, 1.807) is 35.3 Å². The molecule has 0 spiro atoms. The van der Waals surface area contributed by atoms with Gasteiger partial charge in [-0.1, -0.05) is 45.2 Å². The summed E-state index contributed by atoms with van der Waals surface area (Å²) in [6.07, 6.45) is 3.30. The highest BCUT2D eigenvalue weighted by molar-refractivity contribution is 9.10. The molecule has 9 heteroatoms. The Morgan fingerprint density at radius 1 is 1.19 bits per heavy atom. The molecule has 4 nitrogen and oxygen atoms in total. The molecule has 0 aliphatic carbocycles. The van der Waals surface area contributed by atoms with Crippen LogP contribution in [0.1, 0.15) is 5.56 Å². The zero-order chi connectivity index (χ0) is 18.7. The summed E-state index contributed by atoms with van der Waals surface area (Å²) in [6, 6.07) is 10.0. The number of hydrogen-bond acceptors (Lipinski definition) is 2. The van der Waals surface area contributed by atoms with Crippen LogP contribution in [0.5, 0.6) is 0 Å². The maximum Gasteiger partial charge on any atom is 0.175 e. The van der Waals surface area contributed by atoms with Crippen molar-refractivity contribution in [2.24, 2.45) is 0 Å². The van der Waals surface area contributed by atoms with Gasteiger partial charge in [0.2, 0.25) is 0 Å². The number of anilines is 2. The number of nitrogens with one attached hydrogen (secondary N) is 2. The van der Waals surface area contributed by atoms with Crippen LogP contribution < -0.4 is 10.6 Å². The molecule has 3 aromatic rings. The van der Waals surface area contributed by atoms with E-state index in [9.17, 15) is 4.39 Å². The molecule has 0 fully saturated rings. The van der Waals surface area contributed by atoms with Gasteiger partial charge in [-0.3, -0.25) is 4.68 Å². The minimum atomic E-state index is -0.371. The highest BCUT2D eigenvalue weighted by Crippen LogP contribution is 2.26. The molecule has 3 rings (SSSR count). The molecule has 1 aromatic heterocycles. The highest BCUT2D eigenvalue weighted by Gasteiger charge is 2.09. The van der Waals surface area contributed by atoms with E-state index in [0.717, 1.165) is 4.47 Å². The van der Waals surface area contributed by atoms with Crippen molar-refractivity contribution in [3.8, 4) is 0 Å². The Balaban J connectivity index is 1.65. The Morgan fingerprint density at radius 2 is 2.00 bits per heavy atom. The first-order valence-corrected chi connectivity index (χ1v) is 9.36. The zero-order valence-corrected chi connectivity index (χ0v) is 17.1. The molecule has 0 atom stereocenters. The molecule has 0 bridgehead atoms. The number of halogens is 4. The first kappa shape index (κ1) is 19.1. The zero-order valence-electron chi connectivity index (χ0n) is 13.1. The molecule has 134 valence electrons. The maximum atomic E-state index is 13.9. The average molecular weight is 474 g/mol. The lowest BCUT2D eigenvalue weighted by atomic mass is 10.2. The van der Waals surface area contributed by atoms with Crippen molar-refractivity contribution < 1.29 is 4.39 Å². The van der Waals surface area contributed by atoms with Crippen molar-refractivity contribution in [1.82, 2.24) is 9.78 Å². The molecule has 0 radical (unpaired) electrons. The Kier molecular flexibility index (Phi) is 6.13. The first-order valence-electron chi connectivity index (χ1n) is 7.41. The van der Waals surface area contributed by atoms with Crippen LogP contribution in [-0.2, 0) is 6.54 Å². The molecule has 26 heavy (non-hydrogen) atoms. The van der Waals surface area contributed by atoms with Crippen LogP contribution in [0.3, 0.4) is 0 Å². The van der Waals surface area contributed by atoms with Crippen LogP contribution in [0.25, 0.3) is 0 Å². The standard InChI is InChI=1S/C17H12BrCl2FN4S/c18-10-4-5-16(14(20)6-10)24-17(26)23-11-7-22-25(8-11)9-12-13(19)2-1-3-15(12)21/h1-8H,9H2,(H2,23,24,26). The summed E-state index contributed by atoms with van der Waals surface area (Å²) >= 11 is 20.8. The van der Waals surface area contributed by atoms with Gasteiger partial charge in [0.15, 0.2) is 5.11 Å².